The fraction of sp³-hybridized carbons (Fsp3) is 0.846. The van der Waals surface area contributed by atoms with Gasteiger partial charge in [-0.3, -0.25) is 9.59 Å². The Hall–Kier alpha value is -1.10. The second-order valence-electron chi connectivity index (χ2n) is 5.87. The van der Waals surface area contributed by atoms with Crippen molar-refractivity contribution in [3.05, 3.63) is 0 Å². The lowest BCUT2D eigenvalue weighted by atomic mass is 9.76. The number of rotatable bonds is 2. The van der Waals surface area contributed by atoms with Crippen molar-refractivity contribution in [3.8, 4) is 0 Å². The van der Waals surface area contributed by atoms with Gasteiger partial charge in [0.2, 0.25) is 11.8 Å². The van der Waals surface area contributed by atoms with Crippen LogP contribution in [0.3, 0.4) is 0 Å². The zero-order valence-electron chi connectivity index (χ0n) is 11.0. The highest BCUT2D eigenvalue weighted by molar-refractivity contribution is 5.86. The van der Waals surface area contributed by atoms with Crippen molar-refractivity contribution in [3.63, 3.8) is 0 Å². The van der Waals surface area contributed by atoms with E-state index in [9.17, 15) is 9.59 Å². The molecule has 0 spiro atoms. The van der Waals surface area contributed by atoms with E-state index < -0.39 is 5.54 Å². The Kier molecular flexibility index (Phi) is 3.90. The Bertz CT molecular complexity index is 335. The Morgan fingerprint density at radius 1 is 1.50 bits per heavy atom. The first-order chi connectivity index (χ1) is 8.49. The zero-order chi connectivity index (χ0) is 13.2. The van der Waals surface area contributed by atoms with E-state index in [-0.39, 0.29) is 17.9 Å². The van der Waals surface area contributed by atoms with Gasteiger partial charge in [0.05, 0.1) is 5.54 Å². The fourth-order valence-electron chi connectivity index (χ4n) is 2.98. The molecule has 0 radical (unpaired) electrons. The molecule has 0 aromatic heterocycles. The number of carbonyl (C=O) groups excluding carboxylic acids is 2. The molecule has 0 bridgehead atoms. The average molecular weight is 253 g/mol. The van der Waals surface area contributed by atoms with Crippen LogP contribution in [0.1, 0.15) is 45.4 Å². The van der Waals surface area contributed by atoms with Crippen molar-refractivity contribution < 1.29 is 9.59 Å². The molecule has 2 rings (SSSR count). The molecule has 0 aromatic carbocycles. The largest absolute Gasteiger partial charge is 0.354 e. The fourth-order valence-corrected chi connectivity index (χ4v) is 2.98. The highest BCUT2D eigenvalue weighted by Gasteiger charge is 2.38. The topological polar surface area (TPSA) is 84.2 Å². The third kappa shape index (κ3) is 3.02. The van der Waals surface area contributed by atoms with Crippen molar-refractivity contribution in [1.82, 2.24) is 10.6 Å². The van der Waals surface area contributed by atoms with Crippen LogP contribution in [0, 0.1) is 5.92 Å². The summed E-state index contributed by atoms with van der Waals surface area (Å²) >= 11 is 0. The standard InChI is InChI=1S/C13H23N3O2/c1-9-3-2-6-13(14,7-9)12(18)16-10-4-5-11(17)15-8-10/h9-10H,2-8,14H2,1H3,(H,15,17)(H,16,18). The number of nitrogens with two attached hydrogens (primary N) is 1. The lowest BCUT2D eigenvalue weighted by molar-refractivity contribution is -0.130. The molecule has 102 valence electrons. The van der Waals surface area contributed by atoms with Crippen molar-refractivity contribution in [1.29, 1.82) is 0 Å². The van der Waals surface area contributed by atoms with E-state index in [1.807, 2.05) is 0 Å². The lowest BCUT2D eigenvalue weighted by Crippen LogP contribution is -2.60. The highest BCUT2D eigenvalue weighted by atomic mass is 16.2. The van der Waals surface area contributed by atoms with Gasteiger partial charge < -0.3 is 16.4 Å². The molecule has 18 heavy (non-hydrogen) atoms. The Morgan fingerprint density at radius 2 is 2.28 bits per heavy atom. The maximum Gasteiger partial charge on any atom is 0.240 e. The number of hydrogen-bond acceptors (Lipinski definition) is 3. The van der Waals surface area contributed by atoms with Crippen LogP contribution in [0.4, 0.5) is 0 Å². The summed E-state index contributed by atoms with van der Waals surface area (Å²) in [5, 5.41) is 5.76. The summed E-state index contributed by atoms with van der Waals surface area (Å²) < 4.78 is 0. The Labute approximate surface area is 108 Å². The number of piperidine rings is 1. The van der Waals surface area contributed by atoms with Gasteiger partial charge in [0.25, 0.3) is 0 Å². The minimum Gasteiger partial charge on any atom is -0.354 e. The van der Waals surface area contributed by atoms with Crippen LogP contribution in [0.25, 0.3) is 0 Å². The van der Waals surface area contributed by atoms with Crippen LogP contribution < -0.4 is 16.4 Å². The normalized spacial score (nSPS) is 36.9. The van der Waals surface area contributed by atoms with E-state index in [2.05, 4.69) is 17.6 Å². The molecule has 5 nitrogen and oxygen atoms in total. The summed E-state index contributed by atoms with van der Waals surface area (Å²) in [5.74, 6) is 0.532. The Morgan fingerprint density at radius 3 is 2.89 bits per heavy atom. The van der Waals surface area contributed by atoms with E-state index in [4.69, 9.17) is 5.73 Å². The molecule has 2 aliphatic rings. The van der Waals surface area contributed by atoms with Crippen LogP contribution in [0.15, 0.2) is 0 Å². The van der Waals surface area contributed by atoms with Crippen molar-refractivity contribution >= 4 is 11.8 Å². The van der Waals surface area contributed by atoms with Crippen molar-refractivity contribution in [2.75, 3.05) is 6.54 Å². The number of carbonyl (C=O) groups is 2. The summed E-state index contributed by atoms with van der Waals surface area (Å²) in [4.78, 5) is 23.3. The maximum atomic E-state index is 12.3. The molecule has 5 heteroatoms. The average Bonchev–Trinajstić information content (AvgIpc) is 2.32. The summed E-state index contributed by atoms with van der Waals surface area (Å²) in [7, 11) is 0. The molecule has 4 N–H and O–H groups in total. The van der Waals surface area contributed by atoms with Gasteiger partial charge in [-0.2, -0.15) is 0 Å². The van der Waals surface area contributed by atoms with Gasteiger partial charge in [-0.15, -0.1) is 0 Å². The predicted molar refractivity (Wildman–Crippen MR) is 68.7 cm³/mol. The predicted octanol–water partition coefficient (Wildman–Crippen LogP) is 0.289. The lowest BCUT2D eigenvalue weighted by Gasteiger charge is -2.37. The van der Waals surface area contributed by atoms with E-state index in [0.29, 0.717) is 25.3 Å². The van der Waals surface area contributed by atoms with Crippen LogP contribution in [-0.4, -0.2) is 29.9 Å². The van der Waals surface area contributed by atoms with Gasteiger partial charge in [0.15, 0.2) is 0 Å². The van der Waals surface area contributed by atoms with Gasteiger partial charge in [0.1, 0.15) is 0 Å². The molecule has 1 saturated carbocycles. The summed E-state index contributed by atoms with van der Waals surface area (Å²) in [5.41, 5.74) is 5.53. The SMILES string of the molecule is CC1CCCC(N)(C(=O)NC2CCC(=O)NC2)C1. The molecule has 2 amide bonds. The number of amides is 2. The zero-order valence-corrected chi connectivity index (χ0v) is 11.0. The summed E-state index contributed by atoms with van der Waals surface area (Å²) in [6.07, 6.45) is 4.90. The molecule has 1 heterocycles. The molecule has 2 fully saturated rings. The van der Waals surface area contributed by atoms with Crippen LogP contribution in [0.2, 0.25) is 0 Å². The molecular formula is C13H23N3O2. The van der Waals surface area contributed by atoms with Gasteiger partial charge in [-0.25, -0.2) is 0 Å². The minimum absolute atomic E-state index is 0.0351. The third-order valence-corrected chi connectivity index (χ3v) is 4.09. The van der Waals surface area contributed by atoms with Gasteiger partial charge in [-0.1, -0.05) is 19.8 Å². The molecular weight excluding hydrogens is 230 g/mol. The summed E-state index contributed by atoms with van der Waals surface area (Å²) in [6, 6.07) is 0.0351. The Balaban J connectivity index is 1.88. The van der Waals surface area contributed by atoms with Crippen molar-refractivity contribution in [2.24, 2.45) is 11.7 Å². The first-order valence-electron chi connectivity index (χ1n) is 6.86. The van der Waals surface area contributed by atoms with Crippen molar-refractivity contribution in [2.45, 2.75) is 57.0 Å². The van der Waals surface area contributed by atoms with Crippen LogP contribution in [-0.2, 0) is 9.59 Å². The summed E-state index contributed by atoms with van der Waals surface area (Å²) in [6.45, 7) is 2.67. The molecule has 1 saturated heterocycles. The number of hydrogen-bond donors (Lipinski definition) is 3. The maximum absolute atomic E-state index is 12.3. The van der Waals surface area contributed by atoms with E-state index in [1.54, 1.807) is 0 Å². The van der Waals surface area contributed by atoms with Crippen LogP contribution >= 0.6 is 0 Å². The second-order valence-corrected chi connectivity index (χ2v) is 5.87. The molecule has 1 aliphatic heterocycles. The van der Waals surface area contributed by atoms with Gasteiger partial charge in [-0.05, 0) is 25.2 Å². The molecule has 0 aromatic rings. The monoisotopic (exact) mass is 253 g/mol. The second kappa shape index (κ2) is 5.26. The molecule has 1 aliphatic carbocycles. The van der Waals surface area contributed by atoms with Gasteiger partial charge in [0, 0.05) is 19.0 Å². The van der Waals surface area contributed by atoms with E-state index >= 15 is 0 Å². The van der Waals surface area contributed by atoms with E-state index in [0.717, 1.165) is 25.7 Å². The first-order valence-corrected chi connectivity index (χ1v) is 6.86. The molecule has 3 atom stereocenters. The highest BCUT2D eigenvalue weighted by Crippen LogP contribution is 2.30. The smallest absolute Gasteiger partial charge is 0.240 e. The van der Waals surface area contributed by atoms with E-state index in [1.165, 1.54) is 0 Å². The third-order valence-electron chi connectivity index (χ3n) is 4.09. The minimum atomic E-state index is -0.709. The van der Waals surface area contributed by atoms with Crippen LogP contribution in [0.5, 0.6) is 0 Å². The number of nitrogens with one attached hydrogen (secondary N) is 2. The quantitative estimate of drug-likeness (QED) is 0.661. The van der Waals surface area contributed by atoms with Gasteiger partial charge >= 0.3 is 0 Å². The molecule has 3 unspecified atom stereocenters. The first kappa shape index (κ1) is 13.3.